The molecule has 1 unspecified atom stereocenters. The first-order chi connectivity index (χ1) is 14.8. The number of likely N-dealkylation sites (tertiary alicyclic amines) is 1. The lowest BCUT2D eigenvalue weighted by Gasteiger charge is -2.26. The molecule has 0 bridgehead atoms. The lowest BCUT2D eigenvalue weighted by atomic mass is 9.95. The average molecular weight is 426 g/mol. The van der Waals surface area contributed by atoms with E-state index in [-0.39, 0.29) is 16.9 Å². The van der Waals surface area contributed by atoms with E-state index in [2.05, 4.69) is 0 Å². The quantitative estimate of drug-likeness (QED) is 0.397. The maximum Gasteiger partial charge on any atom is 0.295 e. The van der Waals surface area contributed by atoms with E-state index in [0.717, 1.165) is 6.54 Å². The molecule has 1 heterocycles. The fraction of sp³-hybridized carbons (Fsp3) is 0.333. The second-order valence-electron chi connectivity index (χ2n) is 7.66. The van der Waals surface area contributed by atoms with Crippen molar-refractivity contribution >= 4 is 17.4 Å². The molecular formula is C24H27FN2O4. The van der Waals surface area contributed by atoms with Crippen molar-refractivity contribution in [1.82, 2.24) is 9.80 Å². The SMILES string of the molecule is CCOc1cccc(C2/C(=C(/O)c3ccc(F)cc3)C(=O)C(=O)N2CCCN(C)C)c1. The molecule has 1 aliphatic rings. The van der Waals surface area contributed by atoms with Crippen LogP contribution in [0.4, 0.5) is 4.39 Å². The Morgan fingerprint density at radius 3 is 2.52 bits per heavy atom. The van der Waals surface area contributed by atoms with Gasteiger partial charge in [0.2, 0.25) is 0 Å². The molecule has 1 saturated heterocycles. The largest absolute Gasteiger partial charge is 0.507 e. The first kappa shape index (κ1) is 22.5. The summed E-state index contributed by atoms with van der Waals surface area (Å²) in [5, 5.41) is 11.0. The zero-order chi connectivity index (χ0) is 22.5. The minimum absolute atomic E-state index is 0.00453. The highest BCUT2D eigenvalue weighted by atomic mass is 19.1. The van der Waals surface area contributed by atoms with Crippen molar-refractivity contribution in [2.24, 2.45) is 0 Å². The van der Waals surface area contributed by atoms with Gasteiger partial charge in [0.25, 0.3) is 11.7 Å². The summed E-state index contributed by atoms with van der Waals surface area (Å²) in [4.78, 5) is 29.4. The number of nitrogens with zero attached hydrogens (tertiary/aromatic N) is 2. The Labute approximate surface area is 181 Å². The van der Waals surface area contributed by atoms with Crippen molar-refractivity contribution in [3.05, 3.63) is 71.0 Å². The van der Waals surface area contributed by atoms with Crippen LogP contribution in [0.3, 0.4) is 0 Å². The highest BCUT2D eigenvalue weighted by molar-refractivity contribution is 6.46. The summed E-state index contributed by atoms with van der Waals surface area (Å²) in [7, 11) is 3.87. The molecule has 0 aliphatic carbocycles. The van der Waals surface area contributed by atoms with E-state index < -0.39 is 23.5 Å². The van der Waals surface area contributed by atoms with E-state index in [1.807, 2.05) is 25.9 Å². The molecule has 1 fully saturated rings. The van der Waals surface area contributed by atoms with Gasteiger partial charge in [0, 0.05) is 12.1 Å². The van der Waals surface area contributed by atoms with Crippen molar-refractivity contribution < 1.29 is 23.8 Å². The molecule has 0 radical (unpaired) electrons. The number of carbonyl (C=O) groups excluding carboxylic acids is 2. The number of Topliss-reactive ketones (excluding diaryl/α,β-unsaturated/α-hetero) is 1. The fourth-order valence-electron chi connectivity index (χ4n) is 3.72. The van der Waals surface area contributed by atoms with Crippen LogP contribution in [0.2, 0.25) is 0 Å². The highest BCUT2D eigenvalue weighted by Crippen LogP contribution is 2.40. The van der Waals surface area contributed by atoms with Crippen molar-refractivity contribution in [3.8, 4) is 5.75 Å². The van der Waals surface area contributed by atoms with Gasteiger partial charge in [-0.15, -0.1) is 0 Å². The van der Waals surface area contributed by atoms with Gasteiger partial charge < -0.3 is 19.6 Å². The number of ether oxygens (including phenoxy) is 1. The third-order valence-electron chi connectivity index (χ3n) is 5.15. The lowest BCUT2D eigenvalue weighted by molar-refractivity contribution is -0.139. The van der Waals surface area contributed by atoms with Gasteiger partial charge in [-0.25, -0.2) is 4.39 Å². The molecule has 6 nitrogen and oxygen atoms in total. The number of hydrogen-bond donors (Lipinski definition) is 1. The molecule has 0 spiro atoms. The Bertz CT molecular complexity index is 985. The molecule has 1 amide bonds. The third kappa shape index (κ3) is 4.94. The third-order valence-corrected chi connectivity index (χ3v) is 5.15. The molecule has 1 N–H and O–H groups in total. The summed E-state index contributed by atoms with van der Waals surface area (Å²) in [6, 6.07) is 11.6. The first-order valence-corrected chi connectivity index (χ1v) is 10.2. The zero-order valence-corrected chi connectivity index (χ0v) is 18.0. The van der Waals surface area contributed by atoms with E-state index >= 15 is 0 Å². The van der Waals surface area contributed by atoms with Gasteiger partial charge in [-0.05, 0) is 75.9 Å². The highest BCUT2D eigenvalue weighted by Gasteiger charge is 2.45. The average Bonchev–Trinajstić information content (AvgIpc) is 2.99. The van der Waals surface area contributed by atoms with Crippen molar-refractivity contribution in [1.29, 1.82) is 0 Å². The number of benzene rings is 2. The number of aliphatic hydroxyl groups excluding tert-OH is 1. The maximum atomic E-state index is 13.3. The molecular weight excluding hydrogens is 399 g/mol. The predicted molar refractivity (Wildman–Crippen MR) is 116 cm³/mol. The minimum Gasteiger partial charge on any atom is -0.507 e. The van der Waals surface area contributed by atoms with Crippen LogP contribution in [0, 0.1) is 5.82 Å². The Morgan fingerprint density at radius 1 is 1.16 bits per heavy atom. The summed E-state index contributed by atoms with van der Waals surface area (Å²) in [5.74, 6) is -1.57. The molecule has 164 valence electrons. The van der Waals surface area contributed by atoms with E-state index in [0.29, 0.717) is 30.9 Å². The Hall–Kier alpha value is -3.19. The minimum atomic E-state index is -0.757. The van der Waals surface area contributed by atoms with Crippen LogP contribution in [-0.4, -0.2) is 60.4 Å². The van der Waals surface area contributed by atoms with Crippen LogP contribution >= 0.6 is 0 Å². The monoisotopic (exact) mass is 426 g/mol. The molecule has 0 saturated carbocycles. The Kier molecular flexibility index (Phi) is 7.07. The second kappa shape index (κ2) is 9.75. The number of carbonyl (C=O) groups is 2. The number of rotatable bonds is 8. The smallest absolute Gasteiger partial charge is 0.295 e. The summed E-state index contributed by atoms with van der Waals surface area (Å²) in [6.45, 7) is 3.44. The predicted octanol–water partition coefficient (Wildman–Crippen LogP) is 3.60. The summed E-state index contributed by atoms with van der Waals surface area (Å²) in [5.41, 5.74) is 0.937. The summed E-state index contributed by atoms with van der Waals surface area (Å²) < 4.78 is 18.9. The molecule has 1 atom stereocenters. The number of aliphatic hydroxyl groups is 1. The molecule has 0 aromatic heterocycles. The van der Waals surface area contributed by atoms with Crippen LogP contribution in [0.5, 0.6) is 5.75 Å². The van der Waals surface area contributed by atoms with Gasteiger partial charge in [-0.3, -0.25) is 9.59 Å². The normalized spacial score (nSPS) is 18.1. The van der Waals surface area contributed by atoms with E-state index in [1.54, 1.807) is 24.3 Å². The molecule has 31 heavy (non-hydrogen) atoms. The van der Waals surface area contributed by atoms with Gasteiger partial charge in [-0.2, -0.15) is 0 Å². The standard InChI is InChI=1S/C24H27FN2O4/c1-4-31-19-8-5-7-17(15-19)21-20(22(28)16-9-11-18(25)12-10-16)23(29)24(30)27(21)14-6-13-26(2)3/h5,7-12,15,21,28H,4,6,13-14H2,1-3H3/b22-20-. The first-order valence-electron chi connectivity index (χ1n) is 10.2. The Morgan fingerprint density at radius 2 is 1.87 bits per heavy atom. The topological polar surface area (TPSA) is 70.1 Å². The summed E-state index contributed by atoms with van der Waals surface area (Å²) >= 11 is 0. The van der Waals surface area contributed by atoms with Gasteiger partial charge >= 0.3 is 0 Å². The summed E-state index contributed by atoms with van der Waals surface area (Å²) in [6.07, 6.45) is 0.665. The molecule has 2 aromatic rings. The van der Waals surface area contributed by atoms with Gasteiger partial charge in [0.15, 0.2) is 0 Å². The van der Waals surface area contributed by atoms with Crippen LogP contribution in [-0.2, 0) is 9.59 Å². The van der Waals surface area contributed by atoms with Crippen LogP contribution < -0.4 is 4.74 Å². The second-order valence-corrected chi connectivity index (χ2v) is 7.66. The molecule has 1 aliphatic heterocycles. The van der Waals surface area contributed by atoms with Crippen LogP contribution in [0.15, 0.2) is 54.1 Å². The van der Waals surface area contributed by atoms with E-state index in [4.69, 9.17) is 4.74 Å². The van der Waals surface area contributed by atoms with E-state index in [9.17, 15) is 19.1 Å². The number of hydrogen-bond acceptors (Lipinski definition) is 5. The molecule has 3 rings (SSSR count). The lowest BCUT2D eigenvalue weighted by Crippen LogP contribution is -2.32. The molecule has 2 aromatic carbocycles. The van der Waals surface area contributed by atoms with Crippen LogP contribution in [0.1, 0.15) is 30.5 Å². The number of ketones is 1. The Balaban J connectivity index is 2.09. The van der Waals surface area contributed by atoms with Crippen molar-refractivity contribution in [2.75, 3.05) is 33.8 Å². The maximum absolute atomic E-state index is 13.3. The van der Waals surface area contributed by atoms with Gasteiger partial charge in [0.1, 0.15) is 17.3 Å². The number of amides is 1. The van der Waals surface area contributed by atoms with Gasteiger partial charge in [0.05, 0.1) is 18.2 Å². The van der Waals surface area contributed by atoms with E-state index in [1.165, 1.54) is 29.2 Å². The van der Waals surface area contributed by atoms with Crippen molar-refractivity contribution in [2.45, 2.75) is 19.4 Å². The number of halogens is 1. The fourth-order valence-corrected chi connectivity index (χ4v) is 3.72. The van der Waals surface area contributed by atoms with Crippen LogP contribution in [0.25, 0.3) is 5.76 Å². The zero-order valence-electron chi connectivity index (χ0n) is 18.0. The van der Waals surface area contributed by atoms with Gasteiger partial charge in [-0.1, -0.05) is 12.1 Å². The van der Waals surface area contributed by atoms with Crippen molar-refractivity contribution in [3.63, 3.8) is 0 Å². The molecule has 7 heteroatoms.